The van der Waals surface area contributed by atoms with E-state index in [9.17, 15) is 43.4 Å². The van der Waals surface area contributed by atoms with Gasteiger partial charge in [0.25, 0.3) is 11.8 Å². The van der Waals surface area contributed by atoms with E-state index >= 15 is 0 Å². The summed E-state index contributed by atoms with van der Waals surface area (Å²) in [5, 5.41) is 29.3. The molecule has 3 aliphatic carbocycles. The van der Waals surface area contributed by atoms with Crippen molar-refractivity contribution in [3.8, 4) is 16.2 Å². The molecule has 75 heavy (non-hydrogen) atoms. The standard InChI is InChI=1S/C56H77FN6O11S/c1-32-22-36-10-9-33(2)42(14-13-41-25-39(64)27-47(67)73-41)48(36)45(23-32)74-54(71)58-19-7-8-35-15-20-62(21-16-35)46(66)30-72-44-24-37(49-34(3)60-31-75-49)11-12-38(44)28-59-51(68)43-26-40(65)29-63(43)52(69)50(55(4,5)6)61-53(70)56(57)17-18-56/h9-12,22,24,31-33,35,39-43,45,48,50,64-65H,7-8,13-21,23,25-30H2,1-6H3,(H,58,71)(H,59,68)(H,61,70)/t32-,33-,39+,40-,41+,42-,43+,45-,48-,50-/m0/s1. The summed E-state index contributed by atoms with van der Waals surface area (Å²) < 4.78 is 32.7. The molecule has 4 fully saturated rings. The van der Waals surface area contributed by atoms with Gasteiger partial charge in [0.15, 0.2) is 12.3 Å². The fraction of sp³-hybridized carbons (Fsp3) is 0.661. The predicted molar refractivity (Wildman–Crippen MR) is 279 cm³/mol. The molecule has 5 amide bonds. The number of fused-ring (bicyclic) bond motifs is 1. The van der Waals surface area contributed by atoms with E-state index < -0.39 is 59.2 Å². The summed E-state index contributed by atoms with van der Waals surface area (Å²) in [5.74, 6) is -0.971. The van der Waals surface area contributed by atoms with E-state index in [-0.39, 0.29) is 93.1 Å². The number of thiazole rings is 1. The van der Waals surface area contributed by atoms with Gasteiger partial charge >= 0.3 is 12.1 Å². The third kappa shape index (κ3) is 14.0. The minimum atomic E-state index is -2.00. The van der Waals surface area contributed by atoms with Gasteiger partial charge in [-0.2, -0.15) is 0 Å². The number of carbonyl (C=O) groups is 6. The van der Waals surface area contributed by atoms with Crippen molar-refractivity contribution in [2.24, 2.45) is 35.0 Å². The number of likely N-dealkylation sites (tertiary alicyclic amines) is 2. The van der Waals surface area contributed by atoms with Crippen molar-refractivity contribution in [3.63, 3.8) is 0 Å². The van der Waals surface area contributed by atoms with Crippen LogP contribution in [-0.2, 0) is 40.0 Å². The number of aromatic nitrogens is 1. The number of amides is 5. The highest BCUT2D eigenvalue weighted by Crippen LogP contribution is 2.46. The molecule has 6 aliphatic rings. The molecule has 10 atom stereocenters. The normalized spacial score (nSPS) is 27.8. The Bertz CT molecular complexity index is 2480. The van der Waals surface area contributed by atoms with Crippen molar-refractivity contribution in [1.29, 1.82) is 0 Å². The lowest BCUT2D eigenvalue weighted by Crippen LogP contribution is -2.59. The van der Waals surface area contributed by atoms with E-state index in [0.29, 0.717) is 49.7 Å². The van der Waals surface area contributed by atoms with E-state index in [2.05, 4.69) is 53.0 Å². The summed E-state index contributed by atoms with van der Waals surface area (Å²) in [6.45, 7) is 12.7. The van der Waals surface area contributed by atoms with E-state index in [1.165, 1.54) is 21.8 Å². The zero-order valence-corrected chi connectivity index (χ0v) is 45.1. The van der Waals surface area contributed by atoms with Gasteiger partial charge in [0.2, 0.25) is 11.8 Å². The lowest BCUT2D eigenvalue weighted by molar-refractivity contribution is -0.160. The molecule has 17 nitrogen and oxygen atoms in total. The lowest BCUT2D eigenvalue weighted by Gasteiger charge is -2.43. The number of cyclic esters (lactones) is 1. The van der Waals surface area contributed by atoms with Crippen LogP contribution in [0.25, 0.3) is 10.4 Å². The molecule has 0 bridgehead atoms. The molecule has 0 unspecified atom stereocenters. The number of hydrogen-bond donors (Lipinski definition) is 5. The van der Waals surface area contributed by atoms with Crippen molar-refractivity contribution in [2.75, 3.05) is 32.8 Å². The molecule has 4 heterocycles. The Balaban J connectivity index is 0.802. The molecule has 0 radical (unpaired) electrons. The average molecular weight is 1060 g/mol. The Morgan fingerprint density at radius 2 is 1.77 bits per heavy atom. The van der Waals surface area contributed by atoms with Crippen LogP contribution in [0.4, 0.5) is 9.18 Å². The number of aliphatic hydroxyl groups is 2. The van der Waals surface area contributed by atoms with Crippen LogP contribution >= 0.6 is 11.3 Å². The number of benzene rings is 1. The number of allylic oxidation sites excluding steroid dienone is 3. The van der Waals surface area contributed by atoms with E-state index in [4.69, 9.17) is 14.2 Å². The summed E-state index contributed by atoms with van der Waals surface area (Å²) in [4.78, 5) is 88.0. The molecule has 3 aliphatic heterocycles. The first-order valence-electron chi connectivity index (χ1n) is 27.1. The second kappa shape index (κ2) is 23.9. The molecule has 1 saturated carbocycles. The number of β-amino-alcohol motifs (C(OH)–C–C–N with tert-alkyl or cyclic N) is 1. The highest BCUT2D eigenvalue weighted by Gasteiger charge is 2.53. The van der Waals surface area contributed by atoms with Crippen molar-refractivity contribution < 1.29 is 57.6 Å². The molecule has 8 rings (SSSR count). The number of carbonyl (C=O) groups excluding carboxylic acids is 6. The first-order chi connectivity index (χ1) is 35.6. The highest BCUT2D eigenvalue weighted by atomic mass is 32.1. The number of piperidine rings is 1. The Morgan fingerprint density at radius 3 is 2.47 bits per heavy atom. The van der Waals surface area contributed by atoms with Gasteiger partial charge < -0.3 is 50.2 Å². The first kappa shape index (κ1) is 55.8. The van der Waals surface area contributed by atoms with Crippen LogP contribution in [0.1, 0.15) is 123 Å². The monoisotopic (exact) mass is 1060 g/mol. The Kier molecular flexibility index (Phi) is 17.8. The smallest absolute Gasteiger partial charge is 0.407 e. The number of hydrogen-bond acceptors (Lipinski definition) is 13. The average Bonchev–Trinajstić information content (AvgIpc) is 3.77. The fourth-order valence-electron chi connectivity index (χ4n) is 11.7. The molecular formula is C56H77FN6O11S. The number of ether oxygens (including phenoxy) is 3. The van der Waals surface area contributed by atoms with Gasteiger partial charge in [0.1, 0.15) is 30.0 Å². The molecule has 19 heteroatoms. The van der Waals surface area contributed by atoms with Gasteiger partial charge in [-0.05, 0) is 111 Å². The third-order valence-corrected chi connectivity index (χ3v) is 17.1. The van der Waals surface area contributed by atoms with Crippen LogP contribution in [0, 0.1) is 41.9 Å². The Hall–Kier alpha value is -5.40. The molecule has 0 spiro atoms. The summed E-state index contributed by atoms with van der Waals surface area (Å²) in [6, 6.07) is 3.37. The maximum Gasteiger partial charge on any atom is 0.407 e. The summed E-state index contributed by atoms with van der Waals surface area (Å²) in [6.07, 6.45) is 10.0. The van der Waals surface area contributed by atoms with Crippen LogP contribution < -0.4 is 20.7 Å². The van der Waals surface area contributed by atoms with Gasteiger partial charge in [-0.25, -0.2) is 14.2 Å². The van der Waals surface area contributed by atoms with Gasteiger partial charge in [-0.3, -0.25) is 24.0 Å². The predicted octanol–water partition coefficient (Wildman–Crippen LogP) is 6.47. The molecule has 2 aromatic rings. The molecule has 1 aromatic carbocycles. The van der Waals surface area contributed by atoms with Crippen molar-refractivity contribution in [2.45, 2.75) is 167 Å². The van der Waals surface area contributed by atoms with Crippen LogP contribution in [0.5, 0.6) is 5.75 Å². The van der Waals surface area contributed by atoms with Gasteiger partial charge in [-0.1, -0.05) is 65.0 Å². The Morgan fingerprint density at radius 1 is 1.01 bits per heavy atom. The third-order valence-electron chi connectivity index (χ3n) is 16.2. The molecule has 1 aromatic heterocycles. The number of aryl methyl sites for hydroxylation is 1. The zero-order chi connectivity index (χ0) is 53.8. The maximum absolute atomic E-state index is 14.7. The minimum absolute atomic E-state index is 0.00889. The van der Waals surface area contributed by atoms with Crippen molar-refractivity contribution >= 4 is 47.0 Å². The summed E-state index contributed by atoms with van der Waals surface area (Å²) in [7, 11) is 0. The van der Waals surface area contributed by atoms with Gasteiger partial charge in [0.05, 0.1) is 34.7 Å². The number of aliphatic hydroxyl groups excluding tert-OH is 2. The number of nitrogens with zero attached hydrogens (tertiary/aromatic N) is 3. The number of nitrogens with one attached hydrogen (secondary N) is 3. The largest absolute Gasteiger partial charge is 0.483 e. The molecule has 410 valence electrons. The molecule has 5 N–H and O–H groups in total. The molecular weight excluding hydrogens is 984 g/mol. The van der Waals surface area contributed by atoms with Gasteiger partial charge in [-0.15, -0.1) is 11.3 Å². The quantitative estimate of drug-likeness (QED) is 0.0800. The SMILES string of the molecule is Cc1ncsc1-c1ccc(CNC(=O)[C@H]2C[C@H](O)CN2C(=O)[C@H](NC(=O)C2(F)CC2)C(C)(C)C)c(OCC(=O)N2CCC(CCCNC(=O)O[C@H]3C[C@@H](C)C=C4C=C[C@H](C)[C@H](CC[C@@H]5C[C@@H](O)CC(=O)O5)[C@H]43)CC2)c1. The second-order valence-electron chi connectivity index (χ2n) is 23.1. The topological polar surface area (TPSA) is 226 Å². The highest BCUT2D eigenvalue weighted by molar-refractivity contribution is 7.13. The second-order valence-corrected chi connectivity index (χ2v) is 24.0. The van der Waals surface area contributed by atoms with Crippen molar-refractivity contribution in [1.82, 2.24) is 30.7 Å². The number of halogens is 1. The number of alkyl halides is 1. The van der Waals surface area contributed by atoms with E-state index in [1.807, 2.05) is 25.1 Å². The number of esters is 1. The van der Waals surface area contributed by atoms with Crippen molar-refractivity contribution in [3.05, 3.63) is 58.8 Å². The fourth-order valence-corrected chi connectivity index (χ4v) is 12.5. The summed E-state index contributed by atoms with van der Waals surface area (Å²) in [5.41, 5.74) is 2.39. The summed E-state index contributed by atoms with van der Waals surface area (Å²) >= 11 is 1.47. The number of alkyl carbamates (subject to hydrolysis) is 1. The van der Waals surface area contributed by atoms with Gasteiger partial charge in [0, 0.05) is 57.0 Å². The van der Waals surface area contributed by atoms with Crippen LogP contribution in [-0.4, -0.2) is 136 Å². The first-order valence-corrected chi connectivity index (χ1v) is 28.0. The maximum atomic E-state index is 14.7. The number of rotatable bonds is 18. The van der Waals surface area contributed by atoms with E-state index in [1.54, 1.807) is 31.2 Å². The zero-order valence-electron chi connectivity index (χ0n) is 44.3. The van der Waals surface area contributed by atoms with Crippen LogP contribution in [0.15, 0.2) is 47.5 Å². The van der Waals surface area contributed by atoms with Crippen LogP contribution in [0.3, 0.4) is 0 Å². The molecule has 3 saturated heterocycles. The minimum Gasteiger partial charge on any atom is -0.483 e. The Labute approximate surface area is 443 Å². The van der Waals surface area contributed by atoms with E-state index in [0.717, 1.165) is 54.7 Å². The van der Waals surface area contributed by atoms with Crippen LogP contribution in [0.2, 0.25) is 0 Å². The lowest BCUT2D eigenvalue weighted by atomic mass is 9.65.